The van der Waals surface area contributed by atoms with E-state index in [1.165, 1.54) is 0 Å². The normalized spacial score (nSPS) is 15.5. The minimum absolute atomic E-state index is 0.106. The van der Waals surface area contributed by atoms with E-state index < -0.39 is 0 Å². The van der Waals surface area contributed by atoms with Crippen LogP contribution in [0.2, 0.25) is 10.0 Å². The van der Waals surface area contributed by atoms with Gasteiger partial charge in [-0.15, -0.1) is 0 Å². The van der Waals surface area contributed by atoms with Gasteiger partial charge in [0.2, 0.25) is 0 Å². The Kier molecular flexibility index (Phi) is 3.60. The Morgan fingerprint density at radius 2 is 1.54 bits per heavy atom. The van der Waals surface area contributed by atoms with Gasteiger partial charge < -0.3 is 5.73 Å². The van der Waals surface area contributed by atoms with Crippen molar-refractivity contribution in [1.29, 1.82) is 0 Å². The average molecular weight is 218 g/mol. The van der Waals surface area contributed by atoms with Crippen molar-refractivity contribution in [1.82, 2.24) is 0 Å². The summed E-state index contributed by atoms with van der Waals surface area (Å²) in [4.78, 5) is 0. The second-order valence-corrected chi connectivity index (χ2v) is 4.22. The van der Waals surface area contributed by atoms with Crippen LogP contribution in [0.15, 0.2) is 18.2 Å². The van der Waals surface area contributed by atoms with Gasteiger partial charge in [0.05, 0.1) is 0 Å². The number of benzene rings is 1. The molecule has 0 aliphatic heterocycles. The molecule has 0 saturated heterocycles. The Morgan fingerprint density at radius 3 is 1.92 bits per heavy atom. The molecule has 1 aromatic rings. The summed E-state index contributed by atoms with van der Waals surface area (Å²) in [6.07, 6.45) is 0. The van der Waals surface area contributed by atoms with Crippen LogP contribution >= 0.6 is 23.2 Å². The summed E-state index contributed by atoms with van der Waals surface area (Å²) < 4.78 is 0. The zero-order valence-electron chi connectivity index (χ0n) is 7.72. The quantitative estimate of drug-likeness (QED) is 0.808. The zero-order valence-corrected chi connectivity index (χ0v) is 9.23. The summed E-state index contributed by atoms with van der Waals surface area (Å²) in [7, 11) is 0. The molecule has 0 heterocycles. The van der Waals surface area contributed by atoms with Crippen molar-refractivity contribution >= 4 is 23.2 Å². The van der Waals surface area contributed by atoms with Gasteiger partial charge in [-0.2, -0.15) is 0 Å². The van der Waals surface area contributed by atoms with Gasteiger partial charge in [-0.1, -0.05) is 30.1 Å². The van der Waals surface area contributed by atoms with Crippen LogP contribution in [0.3, 0.4) is 0 Å². The number of hydrogen-bond acceptors (Lipinski definition) is 1. The molecule has 0 radical (unpaired) electrons. The van der Waals surface area contributed by atoms with Crippen molar-refractivity contribution < 1.29 is 0 Å². The van der Waals surface area contributed by atoms with Gasteiger partial charge >= 0.3 is 0 Å². The monoisotopic (exact) mass is 217 g/mol. The summed E-state index contributed by atoms with van der Waals surface area (Å²) in [6, 6.07) is 5.64. The Labute approximate surface area is 88.8 Å². The van der Waals surface area contributed by atoms with Crippen LogP contribution in [0.5, 0.6) is 0 Å². The SMILES string of the molecule is CC(N)C(C)c1cc(Cl)cc(Cl)c1. The van der Waals surface area contributed by atoms with Gasteiger partial charge in [0.25, 0.3) is 0 Å². The van der Waals surface area contributed by atoms with E-state index in [0.29, 0.717) is 10.0 Å². The second kappa shape index (κ2) is 4.32. The number of halogens is 2. The van der Waals surface area contributed by atoms with Gasteiger partial charge in [0.1, 0.15) is 0 Å². The van der Waals surface area contributed by atoms with Gasteiger partial charge in [-0.3, -0.25) is 0 Å². The van der Waals surface area contributed by atoms with E-state index in [-0.39, 0.29) is 12.0 Å². The van der Waals surface area contributed by atoms with Gasteiger partial charge in [0.15, 0.2) is 0 Å². The van der Waals surface area contributed by atoms with Crippen molar-refractivity contribution in [3.8, 4) is 0 Å². The largest absolute Gasteiger partial charge is 0.327 e. The third kappa shape index (κ3) is 2.87. The maximum atomic E-state index is 5.87. The predicted molar refractivity (Wildman–Crippen MR) is 58.5 cm³/mol. The van der Waals surface area contributed by atoms with Crippen molar-refractivity contribution in [2.75, 3.05) is 0 Å². The fourth-order valence-corrected chi connectivity index (χ4v) is 1.68. The summed E-state index contributed by atoms with van der Waals surface area (Å²) >= 11 is 11.7. The molecular weight excluding hydrogens is 205 g/mol. The van der Waals surface area contributed by atoms with Crippen LogP contribution in [-0.2, 0) is 0 Å². The van der Waals surface area contributed by atoms with Crippen LogP contribution in [0.4, 0.5) is 0 Å². The highest BCUT2D eigenvalue weighted by Gasteiger charge is 2.11. The number of rotatable bonds is 2. The summed E-state index contributed by atoms with van der Waals surface area (Å²) in [6.45, 7) is 4.03. The van der Waals surface area contributed by atoms with E-state index in [0.717, 1.165) is 5.56 Å². The Hall–Kier alpha value is -0.240. The molecule has 1 aromatic carbocycles. The number of hydrogen-bond donors (Lipinski definition) is 1. The first-order valence-corrected chi connectivity index (χ1v) is 4.98. The number of nitrogens with two attached hydrogens (primary N) is 1. The molecule has 2 N–H and O–H groups in total. The first-order chi connectivity index (χ1) is 6.00. The molecule has 0 saturated carbocycles. The van der Waals surface area contributed by atoms with E-state index in [4.69, 9.17) is 28.9 Å². The van der Waals surface area contributed by atoms with Crippen molar-refractivity contribution in [3.63, 3.8) is 0 Å². The van der Waals surface area contributed by atoms with Gasteiger partial charge in [-0.05, 0) is 36.6 Å². The fraction of sp³-hybridized carbons (Fsp3) is 0.400. The zero-order chi connectivity index (χ0) is 10.0. The lowest BCUT2D eigenvalue weighted by atomic mass is 9.95. The van der Waals surface area contributed by atoms with E-state index in [1.54, 1.807) is 6.07 Å². The molecule has 13 heavy (non-hydrogen) atoms. The average Bonchev–Trinajstić information content (AvgIpc) is 2.01. The summed E-state index contributed by atoms with van der Waals surface area (Å²) in [5.41, 5.74) is 6.87. The maximum Gasteiger partial charge on any atom is 0.0423 e. The Bertz CT molecular complexity index is 277. The standard InChI is InChI=1S/C10H13Cl2N/c1-6(7(2)13)8-3-9(11)5-10(12)4-8/h3-7H,13H2,1-2H3. The van der Waals surface area contributed by atoms with Gasteiger partial charge in [-0.25, -0.2) is 0 Å². The molecule has 2 atom stereocenters. The molecule has 0 fully saturated rings. The maximum absolute atomic E-state index is 5.87. The first kappa shape index (κ1) is 10.8. The molecule has 0 aliphatic rings. The van der Waals surface area contributed by atoms with Crippen LogP contribution in [0.25, 0.3) is 0 Å². The minimum Gasteiger partial charge on any atom is -0.327 e. The predicted octanol–water partition coefficient (Wildman–Crippen LogP) is 3.44. The van der Waals surface area contributed by atoms with Crippen molar-refractivity contribution in [2.24, 2.45) is 5.73 Å². The topological polar surface area (TPSA) is 26.0 Å². The third-order valence-corrected chi connectivity index (χ3v) is 2.64. The van der Waals surface area contributed by atoms with E-state index in [9.17, 15) is 0 Å². The Balaban J connectivity index is 3.01. The van der Waals surface area contributed by atoms with E-state index in [2.05, 4.69) is 6.92 Å². The highest BCUT2D eigenvalue weighted by molar-refractivity contribution is 6.34. The van der Waals surface area contributed by atoms with Crippen LogP contribution < -0.4 is 5.73 Å². The highest BCUT2D eigenvalue weighted by Crippen LogP contribution is 2.25. The van der Waals surface area contributed by atoms with Crippen LogP contribution in [0.1, 0.15) is 25.3 Å². The molecule has 0 amide bonds. The summed E-state index contributed by atoms with van der Waals surface area (Å²) in [5, 5.41) is 1.32. The lowest BCUT2D eigenvalue weighted by molar-refractivity contribution is 0.613. The molecule has 1 rings (SSSR count). The van der Waals surface area contributed by atoms with E-state index >= 15 is 0 Å². The Morgan fingerprint density at radius 1 is 1.08 bits per heavy atom. The molecule has 2 unspecified atom stereocenters. The fourth-order valence-electron chi connectivity index (χ4n) is 1.14. The van der Waals surface area contributed by atoms with Crippen molar-refractivity contribution in [3.05, 3.63) is 33.8 Å². The lowest BCUT2D eigenvalue weighted by Crippen LogP contribution is -2.22. The minimum atomic E-state index is 0.106. The molecule has 0 bridgehead atoms. The summed E-state index contributed by atoms with van der Waals surface area (Å²) in [5.74, 6) is 0.274. The first-order valence-electron chi connectivity index (χ1n) is 4.22. The van der Waals surface area contributed by atoms with Crippen LogP contribution in [0, 0.1) is 0 Å². The molecule has 0 aromatic heterocycles. The highest BCUT2D eigenvalue weighted by atomic mass is 35.5. The molecular formula is C10H13Cl2N. The molecule has 1 nitrogen and oxygen atoms in total. The lowest BCUT2D eigenvalue weighted by Gasteiger charge is -2.16. The molecule has 0 spiro atoms. The smallest absolute Gasteiger partial charge is 0.0423 e. The third-order valence-electron chi connectivity index (χ3n) is 2.20. The second-order valence-electron chi connectivity index (χ2n) is 3.35. The molecule has 3 heteroatoms. The van der Waals surface area contributed by atoms with Crippen LogP contribution in [-0.4, -0.2) is 6.04 Å². The molecule has 0 aliphatic carbocycles. The van der Waals surface area contributed by atoms with E-state index in [1.807, 2.05) is 19.1 Å². The van der Waals surface area contributed by atoms with Gasteiger partial charge in [0, 0.05) is 16.1 Å². The molecule has 72 valence electrons. The van der Waals surface area contributed by atoms with Crippen molar-refractivity contribution in [2.45, 2.75) is 25.8 Å².